The highest BCUT2D eigenvalue weighted by Crippen LogP contribution is 2.32. The van der Waals surface area contributed by atoms with Gasteiger partial charge in [-0.15, -0.1) is 0 Å². The van der Waals surface area contributed by atoms with E-state index in [9.17, 15) is 9.59 Å². The first-order valence-electron chi connectivity index (χ1n) is 11.8. The Morgan fingerprint density at radius 1 is 0.862 bits per heavy atom. The van der Waals surface area contributed by atoms with Crippen molar-refractivity contribution in [2.75, 3.05) is 6.61 Å². The van der Waals surface area contributed by atoms with Gasteiger partial charge in [-0.25, -0.2) is 4.79 Å². The van der Waals surface area contributed by atoms with E-state index in [1.807, 2.05) is 18.2 Å². The van der Waals surface area contributed by atoms with Gasteiger partial charge in [0.05, 0.1) is 17.7 Å². The molecule has 0 radical (unpaired) electrons. The lowest BCUT2D eigenvalue weighted by Gasteiger charge is -2.42. The molecule has 0 bridgehead atoms. The fourth-order valence-corrected chi connectivity index (χ4v) is 4.93. The van der Waals surface area contributed by atoms with Crippen LogP contribution in [0.2, 0.25) is 0 Å². The Labute approximate surface area is 176 Å². The van der Waals surface area contributed by atoms with Crippen molar-refractivity contribution >= 4 is 11.9 Å². The van der Waals surface area contributed by atoms with Crippen LogP contribution in [0.25, 0.3) is 0 Å². The summed E-state index contributed by atoms with van der Waals surface area (Å²) in [6.45, 7) is 2.55. The third-order valence-electron chi connectivity index (χ3n) is 6.53. The van der Waals surface area contributed by atoms with Crippen LogP contribution in [0, 0.1) is 0 Å². The van der Waals surface area contributed by atoms with Gasteiger partial charge in [0.25, 0.3) is 5.91 Å². The van der Waals surface area contributed by atoms with Gasteiger partial charge in [-0.05, 0) is 44.2 Å². The standard InChI is InChI=1S/C25H37NO3/c1-2-3-12-19-29-25(28)23-18-11-10-17-22(23)24(27)26(20-13-6-4-7-14-20)21-15-8-5-9-16-21/h10-11,17-18,20-21H,2-9,12-16,19H2,1H3. The van der Waals surface area contributed by atoms with Crippen molar-refractivity contribution in [3.8, 4) is 0 Å². The number of hydrogen-bond acceptors (Lipinski definition) is 3. The Balaban J connectivity index is 1.80. The van der Waals surface area contributed by atoms with E-state index in [4.69, 9.17) is 4.74 Å². The molecule has 3 rings (SSSR count). The van der Waals surface area contributed by atoms with Gasteiger partial charge in [0.1, 0.15) is 0 Å². The Hall–Kier alpha value is -1.84. The number of ether oxygens (including phenoxy) is 1. The van der Waals surface area contributed by atoms with E-state index in [2.05, 4.69) is 11.8 Å². The Morgan fingerprint density at radius 2 is 1.41 bits per heavy atom. The maximum Gasteiger partial charge on any atom is 0.338 e. The lowest BCUT2D eigenvalue weighted by Crippen LogP contribution is -2.49. The van der Waals surface area contributed by atoms with Crippen molar-refractivity contribution in [3.63, 3.8) is 0 Å². The molecule has 0 N–H and O–H groups in total. The number of unbranched alkanes of at least 4 members (excludes halogenated alkanes) is 2. The third kappa shape index (κ3) is 5.83. The molecule has 160 valence electrons. The summed E-state index contributed by atoms with van der Waals surface area (Å²) in [5, 5.41) is 0. The van der Waals surface area contributed by atoms with Crippen LogP contribution in [-0.2, 0) is 4.74 Å². The summed E-state index contributed by atoms with van der Waals surface area (Å²) in [5.41, 5.74) is 0.940. The van der Waals surface area contributed by atoms with Crippen LogP contribution >= 0.6 is 0 Å². The van der Waals surface area contributed by atoms with Crippen molar-refractivity contribution in [2.45, 2.75) is 102 Å². The molecule has 0 unspecified atom stereocenters. The Kier molecular flexibility index (Phi) is 8.57. The summed E-state index contributed by atoms with van der Waals surface area (Å²) < 4.78 is 5.48. The normalized spacial score (nSPS) is 18.4. The molecule has 29 heavy (non-hydrogen) atoms. The zero-order valence-electron chi connectivity index (χ0n) is 18.0. The molecule has 0 aromatic heterocycles. The van der Waals surface area contributed by atoms with Crippen molar-refractivity contribution in [1.29, 1.82) is 0 Å². The minimum atomic E-state index is -0.364. The summed E-state index contributed by atoms with van der Waals surface area (Å²) in [5.74, 6) is -0.331. The first kappa shape index (κ1) is 21.9. The second-order valence-electron chi connectivity index (χ2n) is 8.68. The van der Waals surface area contributed by atoms with Crippen molar-refractivity contribution < 1.29 is 14.3 Å². The molecule has 0 aliphatic heterocycles. The third-order valence-corrected chi connectivity index (χ3v) is 6.53. The molecule has 1 amide bonds. The molecule has 2 aliphatic rings. The number of rotatable bonds is 8. The maximum absolute atomic E-state index is 13.8. The van der Waals surface area contributed by atoms with Crippen LogP contribution in [0.5, 0.6) is 0 Å². The van der Waals surface area contributed by atoms with Crippen LogP contribution in [0.1, 0.15) is 111 Å². The molecule has 4 heteroatoms. The van der Waals surface area contributed by atoms with E-state index in [0.717, 1.165) is 44.9 Å². The predicted octanol–water partition coefficient (Wildman–Crippen LogP) is 6.14. The molecule has 0 atom stereocenters. The van der Waals surface area contributed by atoms with E-state index in [-0.39, 0.29) is 11.9 Å². The van der Waals surface area contributed by atoms with Gasteiger partial charge in [-0.3, -0.25) is 4.79 Å². The molecule has 2 aliphatic carbocycles. The number of carbonyl (C=O) groups is 2. The van der Waals surface area contributed by atoms with Gasteiger partial charge in [0.15, 0.2) is 0 Å². The molecular weight excluding hydrogens is 362 g/mol. The lowest BCUT2D eigenvalue weighted by atomic mass is 9.87. The monoisotopic (exact) mass is 399 g/mol. The summed E-state index contributed by atoms with van der Waals surface area (Å²) in [7, 11) is 0. The number of amides is 1. The number of nitrogens with zero attached hydrogens (tertiary/aromatic N) is 1. The highest BCUT2D eigenvalue weighted by atomic mass is 16.5. The average molecular weight is 400 g/mol. The Bertz CT molecular complexity index is 642. The highest BCUT2D eigenvalue weighted by Gasteiger charge is 2.34. The van der Waals surface area contributed by atoms with Crippen LogP contribution in [0.15, 0.2) is 24.3 Å². The van der Waals surface area contributed by atoms with Gasteiger partial charge in [-0.2, -0.15) is 0 Å². The van der Waals surface area contributed by atoms with E-state index in [0.29, 0.717) is 29.8 Å². The zero-order chi connectivity index (χ0) is 20.5. The smallest absolute Gasteiger partial charge is 0.338 e. The number of carbonyl (C=O) groups excluding carboxylic acids is 2. The quantitative estimate of drug-likeness (QED) is 0.389. The van der Waals surface area contributed by atoms with Crippen LogP contribution in [0.4, 0.5) is 0 Å². The molecule has 0 heterocycles. The van der Waals surface area contributed by atoms with Gasteiger partial charge < -0.3 is 9.64 Å². The molecule has 0 spiro atoms. The molecule has 1 aromatic carbocycles. The largest absolute Gasteiger partial charge is 0.462 e. The van der Waals surface area contributed by atoms with E-state index >= 15 is 0 Å². The summed E-state index contributed by atoms with van der Waals surface area (Å²) >= 11 is 0. The van der Waals surface area contributed by atoms with Gasteiger partial charge in [0.2, 0.25) is 0 Å². The van der Waals surface area contributed by atoms with Crippen molar-refractivity contribution in [1.82, 2.24) is 4.90 Å². The van der Waals surface area contributed by atoms with Crippen LogP contribution in [-0.4, -0.2) is 35.5 Å². The molecule has 4 nitrogen and oxygen atoms in total. The maximum atomic E-state index is 13.8. The van der Waals surface area contributed by atoms with Gasteiger partial charge in [0, 0.05) is 12.1 Å². The number of esters is 1. The first-order chi connectivity index (χ1) is 14.2. The van der Waals surface area contributed by atoms with Crippen LogP contribution in [0.3, 0.4) is 0 Å². The summed E-state index contributed by atoms with van der Waals surface area (Å²) in [6.07, 6.45) is 14.7. The van der Waals surface area contributed by atoms with Gasteiger partial charge in [-0.1, -0.05) is 70.4 Å². The van der Waals surface area contributed by atoms with E-state index in [1.54, 1.807) is 6.07 Å². The van der Waals surface area contributed by atoms with E-state index in [1.165, 1.54) is 38.5 Å². The van der Waals surface area contributed by atoms with Crippen LogP contribution < -0.4 is 0 Å². The molecule has 2 saturated carbocycles. The second kappa shape index (κ2) is 11.4. The van der Waals surface area contributed by atoms with Crippen molar-refractivity contribution in [2.24, 2.45) is 0 Å². The zero-order valence-corrected chi connectivity index (χ0v) is 18.0. The molecule has 2 fully saturated rings. The number of hydrogen-bond donors (Lipinski definition) is 0. The SMILES string of the molecule is CCCCCOC(=O)c1ccccc1C(=O)N(C1CCCCC1)C1CCCCC1. The summed E-state index contributed by atoms with van der Waals surface area (Å²) in [4.78, 5) is 28.6. The molecular formula is C25H37NO3. The molecule has 0 saturated heterocycles. The van der Waals surface area contributed by atoms with Gasteiger partial charge >= 0.3 is 5.97 Å². The highest BCUT2D eigenvalue weighted by molar-refractivity contribution is 6.05. The predicted molar refractivity (Wildman–Crippen MR) is 116 cm³/mol. The topological polar surface area (TPSA) is 46.6 Å². The lowest BCUT2D eigenvalue weighted by molar-refractivity contribution is 0.0423. The summed E-state index contributed by atoms with van der Waals surface area (Å²) in [6, 6.07) is 7.87. The number of benzene rings is 1. The second-order valence-corrected chi connectivity index (χ2v) is 8.68. The molecule has 1 aromatic rings. The minimum Gasteiger partial charge on any atom is -0.462 e. The first-order valence-corrected chi connectivity index (χ1v) is 11.8. The van der Waals surface area contributed by atoms with E-state index < -0.39 is 0 Å². The minimum absolute atomic E-state index is 0.0323. The average Bonchev–Trinajstić information content (AvgIpc) is 2.78. The van der Waals surface area contributed by atoms with Crippen molar-refractivity contribution in [3.05, 3.63) is 35.4 Å². The fourth-order valence-electron chi connectivity index (χ4n) is 4.93. The fraction of sp³-hybridized carbons (Fsp3) is 0.680. The Morgan fingerprint density at radius 3 is 1.97 bits per heavy atom.